The highest BCUT2D eigenvalue weighted by Crippen LogP contribution is 2.31. The van der Waals surface area contributed by atoms with Gasteiger partial charge in [-0.25, -0.2) is 19.3 Å². The standard InChI is InChI=1S/C28H25F4N7O/c1-17(18-4-6-19(7-5-18)20-8-11-38(12-9-20)26(40)28(30,31)32)36-27-35-15-22(14-33)24(37-27)23-16-34-25-21(13-29)3-2-10-39(23)25/h2-7,10,15-17,20H,8-9,11-13H2,1H3,(H,35,36,37)/t17-/m0/s1. The van der Waals surface area contributed by atoms with Crippen molar-refractivity contribution in [2.75, 3.05) is 18.4 Å². The Morgan fingerprint density at radius 2 is 1.88 bits per heavy atom. The third kappa shape index (κ3) is 5.32. The number of rotatable bonds is 6. The van der Waals surface area contributed by atoms with E-state index in [0.717, 1.165) is 16.0 Å². The molecule has 1 aromatic carbocycles. The minimum Gasteiger partial charge on any atom is -0.348 e. The number of nitrogens with one attached hydrogen (secondary N) is 1. The molecule has 12 heteroatoms. The van der Waals surface area contributed by atoms with Gasteiger partial charge in [-0.3, -0.25) is 9.20 Å². The zero-order valence-electron chi connectivity index (χ0n) is 21.5. The molecule has 1 aliphatic rings. The molecule has 0 saturated carbocycles. The molecule has 0 radical (unpaired) electrons. The van der Waals surface area contributed by atoms with Crippen LogP contribution in [-0.2, 0) is 11.5 Å². The van der Waals surface area contributed by atoms with Crippen molar-refractivity contribution in [2.45, 2.75) is 44.6 Å². The van der Waals surface area contributed by atoms with Crippen LogP contribution in [0.5, 0.6) is 0 Å². The molecule has 4 heterocycles. The van der Waals surface area contributed by atoms with Crippen molar-refractivity contribution in [3.63, 3.8) is 0 Å². The highest BCUT2D eigenvalue weighted by molar-refractivity contribution is 5.82. The van der Waals surface area contributed by atoms with E-state index in [1.807, 2.05) is 31.2 Å². The van der Waals surface area contributed by atoms with Gasteiger partial charge in [0.1, 0.15) is 24.1 Å². The monoisotopic (exact) mass is 551 g/mol. The molecule has 0 aliphatic carbocycles. The zero-order chi connectivity index (χ0) is 28.4. The molecule has 3 aromatic heterocycles. The molecule has 0 bridgehead atoms. The minimum absolute atomic E-state index is 0.0717. The van der Waals surface area contributed by atoms with Crippen LogP contribution in [-0.4, -0.2) is 49.4 Å². The molecule has 1 aliphatic heterocycles. The maximum absolute atomic E-state index is 13.4. The molecule has 1 N–H and O–H groups in total. The molecule has 4 aromatic rings. The second kappa shape index (κ2) is 10.9. The molecule has 1 amide bonds. The number of fused-ring (bicyclic) bond motifs is 1. The Morgan fingerprint density at radius 3 is 2.52 bits per heavy atom. The van der Waals surface area contributed by atoms with Crippen molar-refractivity contribution in [3.05, 3.63) is 77.2 Å². The van der Waals surface area contributed by atoms with Gasteiger partial charge in [-0.05, 0) is 42.9 Å². The summed E-state index contributed by atoms with van der Waals surface area (Å²) < 4.78 is 53.2. The van der Waals surface area contributed by atoms with Crippen LogP contribution in [0.25, 0.3) is 17.0 Å². The van der Waals surface area contributed by atoms with Gasteiger partial charge in [-0.2, -0.15) is 18.4 Å². The Labute approximate surface area is 227 Å². The number of hydrogen-bond acceptors (Lipinski definition) is 6. The SMILES string of the molecule is C[C@H](Nc1ncc(C#N)c(-c2cnc3c(CF)cccn23)n1)c1ccc(C2CCN(C(=O)C(F)(F)F)CC2)cc1. The number of nitriles is 1. The van der Waals surface area contributed by atoms with Crippen molar-refractivity contribution in [2.24, 2.45) is 0 Å². The highest BCUT2D eigenvalue weighted by atomic mass is 19.4. The quantitative estimate of drug-likeness (QED) is 0.315. The van der Waals surface area contributed by atoms with Crippen LogP contribution in [0.3, 0.4) is 0 Å². The predicted molar refractivity (Wildman–Crippen MR) is 139 cm³/mol. The lowest BCUT2D eigenvalue weighted by atomic mass is 9.88. The number of pyridine rings is 1. The number of anilines is 1. The van der Waals surface area contributed by atoms with Gasteiger partial charge >= 0.3 is 12.1 Å². The third-order valence-electron chi connectivity index (χ3n) is 7.19. The summed E-state index contributed by atoms with van der Waals surface area (Å²) in [6.45, 7) is 1.40. The molecule has 1 saturated heterocycles. The number of carbonyl (C=O) groups is 1. The van der Waals surface area contributed by atoms with E-state index in [1.54, 1.807) is 28.9 Å². The van der Waals surface area contributed by atoms with E-state index in [2.05, 4.69) is 26.3 Å². The van der Waals surface area contributed by atoms with Crippen LogP contribution >= 0.6 is 0 Å². The van der Waals surface area contributed by atoms with E-state index in [-0.39, 0.29) is 30.6 Å². The van der Waals surface area contributed by atoms with Gasteiger partial charge in [0.15, 0.2) is 0 Å². The molecule has 5 rings (SSSR count). The normalized spacial score (nSPS) is 15.2. The Morgan fingerprint density at radius 1 is 1.15 bits per heavy atom. The van der Waals surface area contributed by atoms with Crippen LogP contribution in [0, 0.1) is 11.3 Å². The number of carbonyl (C=O) groups excluding carboxylic acids is 1. The number of hydrogen-bond donors (Lipinski definition) is 1. The van der Waals surface area contributed by atoms with Crippen molar-refractivity contribution in [3.8, 4) is 17.5 Å². The van der Waals surface area contributed by atoms with E-state index in [1.165, 1.54) is 6.20 Å². The van der Waals surface area contributed by atoms with Crippen molar-refractivity contribution in [1.82, 2.24) is 24.3 Å². The van der Waals surface area contributed by atoms with Crippen LogP contribution in [0.1, 0.15) is 54.0 Å². The first-order valence-electron chi connectivity index (χ1n) is 12.7. The molecule has 1 atom stereocenters. The lowest BCUT2D eigenvalue weighted by Crippen LogP contribution is -2.45. The average Bonchev–Trinajstić information content (AvgIpc) is 3.41. The van der Waals surface area contributed by atoms with Gasteiger partial charge in [0, 0.05) is 24.8 Å². The Kier molecular flexibility index (Phi) is 7.38. The maximum Gasteiger partial charge on any atom is 0.471 e. The van der Waals surface area contributed by atoms with Crippen LogP contribution < -0.4 is 5.32 Å². The number of halogens is 4. The lowest BCUT2D eigenvalue weighted by molar-refractivity contribution is -0.186. The number of alkyl halides is 4. The summed E-state index contributed by atoms with van der Waals surface area (Å²) in [4.78, 5) is 25.5. The number of piperidine rings is 1. The first-order chi connectivity index (χ1) is 19.2. The van der Waals surface area contributed by atoms with Gasteiger partial charge in [-0.15, -0.1) is 0 Å². The van der Waals surface area contributed by atoms with E-state index >= 15 is 0 Å². The number of aromatic nitrogens is 4. The smallest absolute Gasteiger partial charge is 0.348 e. The Bertz CT molecular complexity index is 1570. The van der Waals surface area contributed by atoms with Gasteiger partial charge in [0.05, 0.1) is 29.7 Å². The summed E-state index contributed by atoms with van der Waals surface area (Å²) in [5.41, 5.74) is 3.96. The summed E-state index contributed by atoms with van der Waals surface area (Å²) in [7, 11) is 0. The number of likely N-dealkylation sites (tertiary alicyclic amines) is 1. The van der Waals surface area contributed by atoms with Gasteiger partial charge < -0.3 is 10.2 Å². The molecule has 8 nitrogen and oxygen atoms in total. The van der Waals surface area contributed by atoms with E-state index in [4.69, 9.17) is 0 Å². The van der Waals surface area contributed by atoms with Crippen LogP contribution in [0.2, 0.25) is 0 Å². The summed E-state index contributed by atoms with van der Waals surface area (Å²) in [6, 6.07) is 13.0. The summed E-state index contributed by atoms with van der Waals surface area (Å²) in [5, 5.41) is 12.9. The maximum atomic E-state index is 13.4. The Balaban J connectivity index is 1.29. The van der Waals surface area contributed by atoms with Crippen LogP contribution in [0.15, 0.2) is 55.0 Å². The highest BCUT2D eigenvalue weighted by Gasteiger charge is 2.43. The fourth-order valence-electron chi connectivity index (χ4n) is 5.01. The van der Waals surface area contributed by atoms with E-state index in [9.17, 15) is 27.6 Å². The van der Waals surface area contributed by atoms with Crippen molar-refractivity contribution in [1.29, 1.82) is 5.26 Å². The Hall–Kier alpha value is -4.53. The second-order valence-corrected chi connectivity index (χ2v) is 9.67. The van der Waals surface area contributed by atoms with Crippen molar-refractivity contribution >= 4 is 17.5 Å². The summed E-state index contributed by atoms with van der Waals surface area (Å²) in [5.74, 6) is -1.41. The molecule has 0 unspecified atom stereocenters. The number of benzene rings is 1. The predicted octanol–water partition coefficient (Wildman–Crippen LogP) is 5.57. The summed E-state index contributed by atoms with van der Waals surface area (Å²) >= 11 is 0. The fraction of sp³-hybridized carbons (Fsp3) is 0.321. The second-order valence-electron chi connectivity index (χ2n) is 9.67. The topological polar surface area (TPSA) is 99.2 Å². The number of nitrogens with zero attached hydrogens (tertiary/aromatic N) is 6. The molecule has 40 heavy (non-hydrogen) atoms. The molecule has 1 fully saturated rings. The van der Waals surface area contributed by atoms with Gasteiger partial charge in [0.2, 0.25) is 5.95 Å². The first-order valence-corrected chi connectivity index (χ1v) is 12.7. The molecule has 206 valence electrons. The molecular formula is C28H25F4N7O. The van der Waals surface area contributed by atoms with Gasteiger partial charge in [0.25, 0.3) is 0 Å². The molecular weight excluding hydrogens is 526 g/mol. The number of imidazole rings is 1. The van der Waals surface area contributed by atoms with Crippen LogP contribution in [0.4, 0.5) is 23.5 Å². The van der Waals surface area contributed by atoms with Crippen molar-refractivity contribution < 1.29 is 22.4 Å². The number of amides is 1. The van der Waals surface area contributed by atoms with E-state index < -0.39 is 18.8 Å². The fourth-order valence-corrected chi connectivity index (χ4v) is 5.01. The third-order valence-corrected chi connectivity index (χ3v) is 7.19. The molecule has 0 spiro atoms. The summed E-state index contributed by atoms with van der Waals surface area (Å²) in [6.07, 6.45) is 0.791. The largest absolute Gasteiger partial charge is 0.471 e. The van der Waals surface area contributed by atoms with Gasteiger partial charge in [-0.1, -0.05) is 30.3 Å². The van der Waals surface area contributed by atoms with E-state index in [0.29, 0.717) is 41.4 Å². The first kappa shape index (κ1) is 27.1. The lowest BCUT2D eigenvalue weighted by Gasteiger charge is -2.32. The average molecular weight is 552 g/mol. The zero-order valence-corrected chi connectivity index (χ0v) is 21.5. The minimum atomic E-state index is -4.84.